The van der Waals surface area contributed by atoms with Crippen molar-refractivity contribution in [3.63, 3.8) is 0 Å². The van der Waals surface area contributed by atoms with Crippen LogP contribution >= 0.6 is 0 Å². The van der Waals surface area contributed by atoms with Crippen molar-refractivity contribution in [2.75, 3.05) is 26.9 Å². The lowest BCUT2D eigenvalue weighted by molar-refractivity contribution is 0.0705. The Balaban J connectivity index is 2.29. The number of carbonyl (C=O) groups is 1. The minimum Gasteiger partial charge on any atom is -0.490 e. The van der Waals surface area contributed by atoms with E-state index in [0.717, 1.165) is 12.8 Å². The van der Waals surface area contributed by atoms with Crippen LogP contribution in [0.4, 0.5) is 0 Å². The third kappa shape index (κ3) is 5.78. The van der Waals surface area contributed by atoms with Crippen LogP contribution in [0.2, 0.25) is 0 Å². The number of amides is 1. The maximum absolute atomic E-state index is 13.2. The number of nitrogens with zero attached hydrogens (tertiary/aromatic N) is 1. The number of rotatable bonds is 8. The van der Waals surface area contributed by atoms with Crippen LogP contribution in [0.15, 0.2) is 12.1 Å². The van der Waals surface area contributed by atoms with Crippen LogP contribution in [0.3, 0.4) is 0 Å². The van der Waals surface area contributed by atoms with Gasteiger partial charge >= 0.3 is 0 Å². The highest BCUT2D eigenvalue weighted by Crippen LogP contribution is 2.39. The summed E-state index contributed by atoms with van der Waals surface area (Å²) in [5.41, 5.74) is 0.593. The monoisotopic (exact) mass is 377 g/mol. The lowest BCUT2D eigenvalue weighted by atomic mass is 9.95. The van der Waals surface area contributed by atoms with Gasteiger partial charge in [-0.25, -0.2) is 0 Å². The molecule has 1 aromatic rings. The third-order valence-electron chi connectivity index (χ3n) is 5.10. The number of benzene rings is 1. The standard InChI is InChI=1S/C22H35NO4/c1-5-25-19-15-17(16-20(26-6-2)21(19)27-7-3)22(24)23(4)18-13-11-9-8-10-12-14-18/h15-16,18H,5-14H2,1-4H3. The summed E-state index contributed by atoms with van der Waals surface area (Å²) >= 11 is 0. The summed E-state index contributed by atoms with van der Waals surface area (Å²) in [5.74, 6) is 1.73. The van der Waals surface area contributed by atoms with Gasteiger partial charge in [0, 0.05) is 18.7 Å². The molecule has 0 saturated heterocycles. The Kier molecular flexibility index (Phi) is 8.76. The average Bonchev–Trinajstić information content (AvgIpc) is 2.63. The van der Waals surface area contributed by atoms with Crippen molar-refractivity contribution < 1.29 is 19.0 Å². The molecule has 1 saturated carbocycles. The van der Waals surface area contributed by atoms with Gasteiger partial charge < -0.3 is 19.1 Å². The first-order valence-electron chi connectivity index (χ1n) is 10.5. The molecule has 2 rings (SSSR count). The largest absolute Gasteiger partial charge is 0.490 e. The zero-order valence-electron chi connectivity index (χ0n) is 17.4. The van der Waals surface area contributed by atoms with E-state index in [2.05, 4.69) is 0 Å². The van der Waals surface area contributed by atoms with E-state index in [9.17, 15) is 4.79 Å². The number of hydrogen-bond acceptors (Lipinski definition) is 4. The molecular weight excluding hydrogens is 342 g/mol. The van der Waals surface area contributed by atoms with Gasteiger partial charge in [-0.3, -0.25) is 4.79 Å². The highest BCUT2D eigenvalue weighted by Gasteiger charge is 2.24. The molecule has 5 nitrogen and oxygen atoms in total. The summed E-state index contributed by atoms with van der Waals surface area (Å²) in [5, 5.41) is 0. The summed E-state index contributed by atoms with van der Waals surface area (Å²) in [7, 11) is 1.92. The van der Waals surface area contributed by atoms with Crippen LogP contribution in [0.1, 0.15) is 76.1 Å². The van der Waals surface area contributed by atoms with E-state index < -0.39 is 0 Å². The van der Waals surface area contributed by atoms with Crippen molar-refractivity contribution in [1.29, 1.82) is 0 Å². The Bertz CT molecular complexity index is 567. The number of carbonyl (C=O) groups excluding carboxylic acids is 1. The Morgan fingerprint density at radius 3 is 1.85 bits per heavy atom. The van der Waals surface area contributed by atoms with Gasteiger partial charge in [-0.2, -0.15) is 0 Å². The maximum atomic E-state index is 13.2. The molecule has 1 aromatic carbocycles. The Morgan fingerprint density at radius 2 is 1.37 bits per heavy atom. The molecule has 0 unspecified atom stereocenters. The third-order valence-corrected chi connectivity index (χ3v) is 5.10. The first-order chi connectivity index (χ1) is 13.1. The topological polar surface area (TPSA) is 48.0 Å². The molecule has 1 amide bonds. The van der Waals surface area contributed by atoms with Gasteiger partial charge in [-0.1, -0.05) is 32.1 Å². The molecule has 1 aliphatic rings. The summed E-state index contributed by atoms with van der Waals surface area (Å²) in [4.78, 5) is 15.1. The van der Waals surface area contributed by atoms with Crippen LogP contribution in [0, 0.1) is 0 Å². The first kappa shape index (κ1) is 21.4. The zero-order chi connectivity index (χ0) is 19.6. The van der Waals surface area contributed by atoms with Crippen molar-refractivity contribution in [3.8, 4) is 17.2 Å². The fourth-order valence-corrected chi connectivity index (χ4v) is 3.70. The lowest BCUT2D eigenvalue weighted by Crippen LogP contribution is -2.37. The van der Waals surface area contributed by atoms with E-state index in [-0.39, 0.29) is 5.91 Å². The second-order valence-electron chi connectivity index (χ2n) is 7.02. The molecule has 0 atom stereocenters. The molecular formula is C22H35NO4. The van der Waals surface area contributed by atoms with Crippen LogP contribution < -0.4 is 14.2 Å². The number of hydrogen-bond donors (Lipinski definition) is 0. The van der Waals surface area contributed by atoms with E-state index in [0.29, 0.717) is 48.7 Å². The molecule has 0 heterocycles. The van der Waals surface area contributed by atoms with Gasteiger partial charge in [0.2, 0.25) is 5.75 Å². The quantitative estimate of drug-likeness (QED) is 0.635. The minimum absolute atomic E-state index is 0.0190. The molecule has 0 bridgehead atoms. The van der Waals surface area contributed by atoms with Gasteiger partial charge in [0.1, 0.15) is 0 Å². The summed E-state index contributed by atoms with van der Waals surface area (Å²) < 4.78 is 17.2. The predicted molar refractivity (Wildman–Crippen MR) is 108 cm³/mol. The first-order valence-corrected chi connectivity index (χ1v) is 10.5. The molecule has 0 spiro atoms. The normalized spacial score (nSPS) is 15.6. The van der Waals surface area contributed by atoms with Crippen molar-refractivity contribution in [2.24, 2.45) is 0 Å². The molecule has 0 N–H and O–H groups in total. The smallest absolute Gasteiger partial charge is 0.254 e. The molecule has 152 valence electrons. The second-order valence-corrected chi connectivity index (χ2v) is 7.02. The summed E-state index contributed by atoms with van der Waals surface area (Å²) in [6.07, 6.45) is 8.40. The SMILES string of the molecule is CCOc1cc(C(=O)N(C)C2CCCCCCC2)cc(OCC)c1OCC. The highest BCUT2D eigenvalue weighted by molar-refractivity contribution is 5.95. The van der Waals surface area contributed by atoms with Gasteiger partial charge in [0.05, 0.1) is 19.8 Å². The van der Waals surface area contributed by atoms with Gasteiger partial charge in [-0.05, 0) is 45.7 Å². The Labute approximate surface area is 164 Å². The molecule has 5 heteroatoms. The summed E-state index contributed by atoms with van der Waals surface area (Å²) in [6, 6.07) is 3.88. The average molecular weight is 378 g/mol. The van der Waals surface area contributed by atoms with Crippen LogP contribution in [0.25, 0.3) is 0 Å². The highest BCUT2D eigenvalue weighted by atomic mass is 16.5. The van der Waals surface area contributed by atoms with Gasteiger partial charge in [-0.15, -0.1) is 0 Å². The fourth-order valence-electron chi connectivity index (χ4n) is 3.70. The zero-order valence-corrected chi connectivity index (χ0v) is 17.4. The molecule has 1 aliphatic carbocycles. The van der Waals surface area contributed by atoms with Crippen LogP contribution in [-0.4, -0.2) is 43.7 Å². The number of ether oxygens (including phenoxy) is 3. The van der Waals surface area contributed by atoms with Crippen molar-refractivity contribution >= 4 is 5.91 Å². The minimum atomic E-state index is 0.0190. The van der Waals surface area contributed by atoms with E-state index in [4.69, 9.17) is 14.2 Å². The van der Waals surface area contributed by atoms with E-state index >= 15 is 0 Å². The summed E-state index contributed by atoms with van der Waals surface area (Å²) in [6.45, 7) is 7.28. The maximum Gasteiger partial charge on any atom is 0.254 e. The molecule has 0 radical (unpaired) electrons. The molecule has 27 heavy (non-hydrogen) atoms. The van der Waals surface area contributed by atoms with Crippen molar-refractivity contribution in [1.82, 2.24) is 4.90 Å². The predicted octanol–water partition coefficient (Wildman–Crippen LogP) is 5.07. The van der Waals surface area contributed by atoms with E-state index in [1.807, 2.05) is 32.7 Å². The molecule has 1 fully saturated rings. The second kappa shape index (κ2) is 11.1. The van der Waals surface area contributed by atoms with Crippen LogP contribution in [0.5, 0.6) is 17.2 Å². The lowest BCUT2D eigenvalue weighted by Gasteiger charge is -2.30. The van der Waals surface area contributed by atoms with Crippen molar-refractivity contribution in [2.45, 2.75) is 71.8 Å². The Hall–Kier alpha value is -1.91. The Morgan fingerprint density at radius 1 is 0.889 bits per heavy atom. The van der Waals surface area contributed by atoms with E-state index in [1.54, 1.807) is 12.1 Å². The van der Waals surface area contributed by atoms with E-state index in [1.165, 1.54) is 32.1 Å². The molecule has 0 aliphatic heterocycles. The van der Waals surface area contributed by atoms with Crippen LogP contribution in [-0.2, 0) is 0 Å². The van der Waals surface area contributed by atoms with Gasteiger partial charge in [0.15, 0.2) is 11.5 Å². The molecule has 0 aromatic heterocycles. The van der Waals surface area contributed by atoms with Crippen molar-refractivity contribution in [3.05, 3.63) is 17.7 Å². The van der Waals surface area contributed by atoms with Gasteiger partial charge in [0.25, 0.3) is 5.91 Å². The fraction of sp³-hybridized carbons (Fsp3) is 0.682.